The third-order valence-electron chi connectivity index (χ3n) is 2.02. The Kier molecular flexibility index (Phi) is 2.78. The predicted octanol–water partition coefficient (Wildman–Crippen LogP) is 1.96. The highest BCUT2D eigenvalue weighted by atomic mass is 19.1. The largest absolute Gasteiger partial charge is 0.432 e. The topological polar surface area (TPSA) is 81.2 Å². The molecule has 0 aliphatic heterocycles. The molecule has 0 bridgehead atoms. The highest BCUT2D eigenvalue weighted by Gasteiger charge is 2.11. The number of nitrogen functional groups attached to an aromatic ring is 1. The van der Waals surface area contributed by atoms with Crippen molar-refractivity contribution < 1.29 is 13.6 Å². The highest BCUT2D eigenvalue weighted by Crippen LogP contribution is 2.13. The van der Waals surface area contributed by atoms with Crippen LogP contribution in [0.15, 0.2) is 28.9 Å². The van der Waals surface area contributed by atoms with E-state index in [-0.39, 0.29) is 17.3 Å². The Bertz CT molecular complexity index is 545. The number of aromatic nitrogens is 1. The smallest absolute Gasteiger partial charge is 0.301 e. The Morgan fingerprint density at radius 2 is 2.24 bits per heavy atom. The summed E-state index contributed by atoms with van der Waals surface area (Å²) in [6, 6.07) is 3.65. The van der Waals surface area contributed by atoms with Gasteiger partial charge in [0.25, 0.3) is 5.91 Å². The summed E-state index contributed by atoms with van der Waals surface area (Å²) in [6.07, 6.45) is 1.40. The number of hydrogen-bond donors (Lipinski definition) is 2. The van der Waals surface area contributed by atoms with Gasteiger partial charge in [-0.1, -0.05) is 0 Å². The number of aryl methyl sites for hydroxylation is 1. The summed E-state index contributed by atoms with van der Waals surface area (Å²) in [4.78, 5) is 15.6. The van der Waals surface area contributed by atoms with Crippen molar-refractivity contribution in [3.05, 3.63) is 41.5 Å². The molecule has 17 heavy (non-hydrogen) atoms. The van der Waals surface area contributed by atoms with Crippen molar-refractivity contribution in [2.45, 2.75) is 6.92 Å². The first-order valence-electron chi connectivity index (χ1n) is 4.84. The highest BCUT2D eigenvalue weighted by molar-refractivity contribution is 6.03. The van der Waals surface area contributed by atoms with E-state index in [0.29, 0.717) is 5.69 Å². The second-order valence-electron chi connectivity index (χ2n) is 3.52. The van der Waals surface area contributed by atoms with Crippen molar-refractivity contribution in [3.63, 3.8) is 0 Å². The van der Waals surface area contributed by atoms with E-state index < -0.39 is 11.7 Å². The standard InChI is InChI=1S/C11H10FN3O2/c1-6-5-17-11(14-6)15-10(16)7-2-8(12)4-9(13)3-7/h2-5H,13H2,1H3,(H,14,15,16). The zero-order valence-corrected chi connectivity index (χ0v) is 9.03. The molecule has 1 aromatic heterocycles. The molecule has 1 aromatic carbocycles. The molecule has 0 unspecified atom stereocenters. The molecule has 0 saturated heterocycles. The molecule has 0 spiro atoms. The molecule has 0 fully saturated rings. The van der Waals surface area contributed by atoms with Crippen LogP contribution in [0.5, 0.6) is 0 Å². The third-order valence-corrected chi connectivity index (χ3v) is 2.02. The number of oxazole rings is 1. The quantitative estimate of drug-likeness (QED) is 0.779. The van der Waals surface area contributed by atoms with Crippen molar-refractivity contribution >= 4 is 17.6 Å². The van der Waals surface area contributed by atoms with Gasteiger partial charge in [-0.2, -0.15) is 4.98 Å². The van der Waals surface area contributed by atoms with Gasteiger partial charge in [-0.3, -0.25) is 10.1 Å². The van der Waals surface area contributed by atoms with E-state index in [0.717, 1.165) is 12.1 Å². The second-order valence-corrected chi connectivity index (χ2v) is 3.52. The van der Waals surface area contributed by atoms with Gasteiger partial charge in [0.15, 0.2) is 0 Å². The predicted molar refractivity (Wildman–Crippen MR) is 60.0 cm³/mol. The van der Waals surface area contributed by atoms with Crippen LogP contribution in [0, 0.1) is 12.7 Å². The van der Waals surface area contributed by atoms with Gasteiger partial charge < -0.3 is 10.2 Å². The van der Waals surface area contributed by atoms with Crippen molar-refractivity contribution in [1.29, 1.82) is 0 Å². The monoisotopic (exact) mass is 235 g/mol. The number of nitrogens with one attached hydrogen (secondary N) is 1. The number of carbonyl (C=O) groups excluding carboxylic acids is 1. The first-order valence-corrected chi connectivity index (χ1v) is 4.84. The van der Waals surface area contributed by atoms with Crippen molar-refractivity contribution in [1.82, 2.24) is 4.98 Å². The lowest BCUT2D eigenvalue weighted by Gasteiger charge is -2.02. The molecule has 0 saturated carbocycles. The number of rotatable bonds is 2. The minimum absolute atomic E-state index is 0.0651. The Labute approximate surface area is 96.4 Å². The lowest BCUT2D eigenvalue weighted by atomic mass is 10.2. The molecule has 1 amide bonds. The molecule has 1 heterocycles. The zero-order valence-electron chi connectivity index (χ0n) is 9.03. The number of hydrogen-bond acceptors (Lipinski definition) is 4. The molecule has 2 rings (SSSR count). The van der Waals surface area contributed by atoms with E-state index >= 15 is 0 Å². The van der Waals surface area contributed by atoms with E-state index in [4.69, 9.17) is 10.2 Å². The molecule has 88 valence electrons. The minimum atomic E-state index is -0.571. The van der Waals surface area contributed by atoms with Crippen LogP contribution in [0.4, 0.5) is 16.1 Å². The van der Waals surface area contributed by atoms with Gasteiger partial charge in [0.2, 0.25) is 0 Å². The van der Waals surface area contributed by atoms with E-state index in [1.165, 1.54) is 12.3 Å². The lowest BCUT2D eigenvalue weighted by molar-refractivity contribution is 0.102. The van der Waals surface area contributed by atoms with Crippen LogP contribution in [-0.4, -0.2) is 10.9 Å². The fourth-order valence-corrected chi connectivity index (χ4v) is 1.32. The number of anilines is 2. The maximum atomic E-state index is 13.0. The molecular formula is C11H10FN3O2. The number of nitrogens with two attached hydrogens (primary N) is 1. The van der Waals surface area contributed by atoms with Crippen LogP contribution < -0.4 is 11.1 Å². The second kappa shape index (κ2) is 4.25. The van der Waals surface area contributed by atoms with Crippen LogP contribution in [-0.2, 0) is 0 Å². The number of carbonyl (C=O) groups is 1. The first kappa shape index (κ1) is 11.1. The summed E-state index contributed by atoms with van der Waals surface area (Å²) in [5, 5.41) is 2.39. The number of halogens is 1. The number of amides is 1. The molecule has 6 heteroatoms. The van der Waals surface area contributed by atoms with Crippen molar-refractivity contribution in [2.24, 2.45) is 0 Å². The maximum absolute atomic E-state index is 13.0. The average molecular weight is 235 g/mol. The van der Waals surface area contributed by atoms with Crippen LogP contribution in [0.25, 0.3) is 0 Å². The number of nitrogens with zero attached hydrogens (tertiary/aromatic N) is 1. The Morgan fingerprint density at radius 3 is 2.82 bits per heavy atom. The summed E-state index contributed by atoms with van der Waals surface area (Å²) < 4.78 is 18.0. The summed E-state index contributed by atoms with van der Waals surface area (Å²) in [5.41, 5.74) is 6.36. The van der Waals surface area contributed by atoms with Gasteiger partial charge in [-0.05, 0) is 25.1 Å². The molecule has 3 N–H and O–H groups in total. The molecule has 0 aliphatic rings. The summed E-state index contributed by atoms with van der Waals surface area (Å²) in [7, 11) is 0. The fourth-order valence-electron chi connectivity index (χ4n) is 1.32. The third kappa shape index (κ3) is 2.60. The van der Waals surface area contributed by atoms with Crippen LogP contribution in [0.1, 0.15) is 16.1 Å². The molecule has 5 nitrogen and oxygen atoms in total. The van der Waals surface area contributed by atoms with Gasteiger partial charge in [0.1, 0.15) is 12.1 Å². The minimum Gasteiger partial charge on any atom is -0.432 e. The molecule has 0 aliphatic carbocycles. The Hall–Kier alpha value is -2.37. The van der Waals surface area contributed by atoms with E-state index in [1.807, 2.05) is 0 Å². The van der Waals surface area contributed by atoms with Gasteiger partial charge in [0, 0.05) is 11.3 Å². The summed E-state index contributed by atoms with van der Waals surface area (Å²) >= 11 is 0. The van der Waals surface area contributed by atoms with Gasteiger partial charge in [-0.15, -0.1) is 0 Å². The van der Waals surface area contributed by atoms with Crippen LogP contribution in [0.3, 0.4) is 0 Å². The van der Waals surface area contributed by atoms with Crippen LogP contribution >= 0.6 is 0 Å². The normalized spacial score (nSPS) is 10.2. The van der Waals surface area contributed by atoms with E-state index in [1.54, 1.807) is 6.92 Å². The molecular weight excluding hydrogens is 225 g/mol. The van der Waals surface area contributed by atoms with Crippen LogP contribution in [0.2, 0.25) is 0 Å². The SMILES string of the molecule is Cc1coc(NC(=O)c2cc(N)cc(F)c2)n1. The first-order chi connectivity index (χ1) is 8.04. The summed E-state index contributed by atoms with van der Waals surface area (Å²) in [5.74, 6) is -1.10. The van der Waals surface area contributed by atoms with E-state index in [2.05, 4.69) is 10.3 Å². The van der Waals surface area contributed by atoms with Gasteiger partial charge >= 0.3 is 6.01 Å². The average Bonchev–Trinajstić information content (AvgIpc) is 2.62. The van der Waals surface area contributed by atoms with Crippen molar-refractivity contribution in [2.75, 3.05) is 11.1 Å². The zero-order chi connectivity index (χ0) is 12.4. The number of benzene rings is 1. The molecule has 0 atom stereocenters. The fraction of sp³-hybridized carbons (Fsp3) is 0.0909. The van der Waals surface area contributed by atoms with Gasteiger partial charge in [0.05, 0.1) is 5.69 Å². The molecule has 0 radical (unpaired) electrons. The Morgan fingerprint density at radius 1 is 1.47 bits per heavy atom. The Balaban J connectivity index is 2.19. The maximum Gasteiger partial charge on any atom is 0.301 e. The van der Waals surface area contributed by atoms with Gasteiger partial charge in [-0.25, -0.2) is 4.39 Å². The summed E-state index contributed by atoms with van der Waals surface area (Å²) in [6.45, 7) is 1.72. The van der Waals surface area contributed by atoms with Crippen molar-refractivity contribution in [3.8, 4) is 0 Å². The lowest BCUT2D eigenvalue weighted by Crippen LogP contribution is -2.12. The molecule has 2 aromatic rings. The van der Waals surface area contributed by atoms with E-state index in [9.17, 15) is 9.18 Å².